The molecule has 2 fully saturated rings. The number of ketones is 1. The molecule has 0 aromatic heterocycles. The maximum atomic E-state index is 12.6. The number of rotatable bonds is 10. The van der Waals surface area contributed by atoms with Crippen LogP contribution in [0.3, 0.4) is 0 Å². The van der Waals surface area contributed by atoms with Gasteiger partial charge in [-0.15, -0.1) is 0 Å². The molecule has 2 aliphatic rings. The number of carbonyl (C=O) groups excluding carboxylic acids is 1. The van der Waals surface area contributed by atoms with E-state index in [9.17, 15) is 9.59 Å². The van der Waals surface area contributed by atoms with Gasteiger partial charge in [0, 0.05) is 17.4 Å². The predicted octanol–water partition coefficient (Wildman–Crippen LogP) is 8.31. The highest BCUT2D eigenvalue weighted by molar-refractivity contribution is 5.86. The summed E-state index contributed by atoms with van der Waals surface area (Å²) in [5.74, 6) is 1.63. The molecule has 4 atom stereocenters. The van der Waals surface area contributed by atoms with Crippen molar-refractivity contribution in [3.8, 4) is 0 Å². The Balaban J connectivity index is 1.86. The van der Waals surface area contributed by atoms with Gasteiger partial charge in [0.05, 0.1) is 0 Å². The second kappa shape index (κ2) is 11.7. The highest BCUT2D eigenvalue weighted by atomic mass is 16.4. The molecule has 2 rings (SSSR count). The van der Waals surface area contributed by atoms with Crippen molar-refractivity contribution in [2.45, 2.75) is 113 Å². The van der Waals surface area contributed by atoms with Gasteiger partial charge in [0.2, 0.25) is 0 Å². The van der Waals surface area contributed by atoms with Crippen LogP contribution in [0, 0.1) is 28.6 Å². The average molecular weight is 457 g/mol. The number of carboxylic acids is 1. The molecule has 2 aliphatic carbocycles. The number of fused-ring (bicyclic) bond motifs is 1. The van der Waals surface area contributed by atoms with Crippen LogP contribution in [0.2, 0.25) is 0 Å². The van der Waals surface area contributed by atoms with Crippen LogP contribution in [-0.4, -0.2) is 16.9 Å². The summed E-state index contributed by atoms with van der Waals surface area (Å²) in [5.41, 5.74) is 3.36. The molecule has 0 aliphatic heterocycles. The fourth-order valence-electron chi connectivity index (χ4n) is 6.79. The molecule has 1 N–H and O–H groups in total. The molecule has 33 heavy (non-hydrogen) atoms. The average Bonchev–Trinajstić information content (AvgIpc) is 2.73. The van der Waals surface area contributed by atoms with Crippen molar-refractivity contribution in [2.24, 2.45) is 28.6 Å². The third kappa shape index (κ3) is 6.93. The van der Waals surface area contributed by atoms with Crippen LogP contribution in [0.15, 0.2) is 34.9 Å². The standard InChI is InChI=1S/C30H48O3/c1-21(13-9-15-24(4)28(32)33)11-8-12-22(2)14-10-16-25-23(3)17-18-26-29(5,6)27(31)19-20-30(25,26)7/h11,14-15,23,25-26H,8-10,12-13,16-20H2,1-7H3,(H,32,33)/b21-11+,22-14+,24-15+/t23-,25-,26?,30+/m0/s1. The third-order valence-corrected chi connectivity index (χ3v) is 9.05. The number of Topliss-reactive ketones (excluding diaryl/α,β-unsaturated/α-hetero) is 1. The van der Waals surface area contributed by atoms with E-state index in [4.69, 9.17) is 5.11 Å². The highest BCUT2D eigenvalue weighted by Gasteiger charge is 2.56. The normalized spacial score (nSPS) is 30.8. The number of aliphatic carboxylic acids is 1. The van der Waals surface area contributed by atoms with Crippen LogP contribution >= 0.6 is 0 Å². The van der Waals surface area contributed by atoms with Crippen LogP contribution in [0.25, 0.3) is 0 Å². The number of carboxylic acid groups (broad SMARTS) is 1. The lowest BCUT2D eigenvalue weighted by Crippen LogP contribution is -2.54. The van der Waals surface area contributed by atoms with E-state index >= 15 is 0 Å². The number of hydrogen-bond acceptors (Lipinski definition) is 2. The van der Waals surface area contributed by atoms with E-state index in [1.165, 1.54) is 30.4 Å². The van der Waals surface area contributed by atoms with Gasteiger partial charge in [-0.2, -0.15) is 0 Å². The van der Waals surface area contributed by atoms with Gasteiger partial charge in [0.15, 0.2) is 0 Å². The maximum absolute atomic E-state index is 12.6. The molecular formula is C30H48O3. The molecule has 0 spiro atoms. The van der Waals surface area contributed by atoms with Gasteiger partial charge >= 0.3 is 5.97 Å². The molecule has 0 amide bonds. The second-order valence-electron chi connectivity index (χ2n) is 11.8. The van der Waals surface area contributed by atoms with E-state index in [1.807, 2.05) is 6.08 Å². The summed E-state index contributed by atoms with van der Waals surface area (Å²) in [5, 5.41) is 8.92. The van der Waals surface area contributed by atoms with E-state index in [1.54, 1.807) is 6.92 Å². The quantitative estimate of drug-likeness (QED) is 0.265. The van der Waals surface area contributed by atoms with E-state index in [2.05, 4.69) is 53.7 Å². The van der Waals surface area contributed by atoms with Gasteiger partial charge < -0.3 is 5.11 Å². The second-order valence-corrected chi connectivity index (χ2v) is 11.8. The third-order valence-electron chi connectivity index (χ3n) is 9.05. The largest absolute Gasteiger partial charge is 0.478 e. The Morgan fingerprint density at radius 1 is 0.970 bits per heavy atom. The monoisotopic (exact) mass is 456 g/mol. The Hall–Kier alpha value is -1.64. The van der Waals surface area contributed by atoms with Crippen molar-refractivity contribution in [3.05, 3.63) is 34.9 Å². The Morgan fingerprint density at radius 2 is 1.55 bits per heavy atom. The zero-order valence-electron chi connectivity index (χ0n) is 22.3. The van der Waals surface area contributed by atoms with Gasteiger partial charge in [-0.3, -0.25) is 4.79 Å². The summed E-state index contributed by atoms with van der Waals surface area (Å²) in [7, 11) is 0. The number of hydrogen-bond donors (Lipinski definition) is 1. The van der Waals surface area contributed by atoms with Crippen molar-refractivity contribution in [1.82, 2.24) is 0 Å². The molecule has 1 unspecified atom stereocenters. The molecule has 0 radical (unpaired) electrons. The minimum Gasteiger partial charge on any atom is -0.478 e. The maximum Gasteiger partial charge on any atom is 0.330 e. The number of allylic oxidation sites excluding steroid dienone is 5. The van der Waals surface area contributed by atoms with Gasteiger partial charge in [-0.25, -0.2) is 4.79 Å². The molecule has 186 valence electrons. The lowest BCUT2D eigenvalue weighted by Gasteiger charge is -2.58. The van der Waals surface area contributed by atoms with Gasteiger partial charge in [-0.1, -0.05) is 63.5 Å². The SMILES string of the molecule is C/C(=C\CC/C(C)=C/CC[C@H]1[C@@H](C)CCC2C(C)(C)C(=O)CC[C@@]21C)CC/C=C(\C)C(=O)O. The van der Waals surface area contributed by atoms with Gasteiger partial charge in [0.1, 0.15) is 5.78 Å². The van der Waals surface area contributed by atoms with Gasteiger partial charge in [-0.05, 0) is 95.3 Å². The van der Waals surface area contributed by atoms with Crippen LogP contribution in [0.1, 0.15) is 113 Å². The lowest BCUT2D eigenvalue weighted by molar-refractivity contribution is -0.151. The summed E-state index contributed by atoms with van der Waals surface area (Å²) in [6.07, 6.45) is 17.1. The minimum atomic E-state index is -0.829. The highest BCUT2D eigenvalue weighted by Crippen LogP contribution is 2.61. The molecule has 0 saturated heterocycles. The summed E-state index contributed by atoms with van der Waals surface area (Å²) in [6.45, 7) is 15.4. The zero-order valence-corrected chi connectivity index (χ0v) is 22.3. The van der Waals surface area contributed by atoms with Crippen molar-refractivity contribution in [2.75, 3.05) is 0 Å². The molecule has 2 saturated carbocycles. The van der Waals surface area contributed by atoms with Crippen molar-refractivity contribution in [1.29, 1.82) is 0 Å². The fraction of sp³-hybridized carbons (Fsp3) is 0.733. The van der Waals surface area contributed by atoms with E-state index in [0.717, 1.165) is 50.9 Å². The molecule has 3 heteroatoms. The topological polar surface area (TPSA) is 54.4 Å². The van der Waals surface area contributed by atoms with Gasteiger partial charge in [0.25, 0.3) is 0 Å². The Bertz CT molecular complexity index is 797. The molecule has 0 aromatic rings. The molecule has 0 aromatic carbocycles. The van der Waals surface area contributed by atoms with Crippen LogP contribution in [0.4, 0.5) is 0 Å². The summed E-state index contributed by atoms with van der Waals surface area (Å²) < 4.78 is 0. The predicted molar refractivity (Wildman–Crippen MR) is 138 cm³/mol. The molecule has 0 heterocycles. The van der Waals surface area contributed by atoms with E-state index in [-0.39, 0.29) is 5.41 Å². The summed E-state index contributed by atoms with van der Waals surface area (Å²) in [6, 6.07) is 0. The van der Waals surface area contributed by atoms with Crippen molar-refractivity contribution >= 4 is 11.8 Å². The van der Waals surface area contributed by atoms with Crippen molar-refractivity contribution < 1.29 is 14.7 Å². The van der Waals surface area contributed by atoms with E-state index in [0.29, 0.717) is 28.6 Å². The lowest BCUT2D eigenvalue weighted by atomic mass is 9.46. The molecule has 0 bridgehead atoms. The fourth-order valence-corrected chi connectivity index (χ4v) is 6.79. The van der Waals surface area contributed by atoms with Crippen LogP contribution in [-0.2, 0) is 9.59 Å². The van der Waals surface area contributed by atoms with Crippen molar-refractivity contribution in [3.63, 3.8) is 0 Å². The summed E-state index contributed by atoms with van der Waals surface area (Å²) in [4.78, 5) is 23.5. The van der Waals surface area contributed by atoms with Crippen LogP contribution in [0.5, 0.6) is 0 Å². The minimum absolute atomic E-state index is 0.163. The molecule has 3 nitrogen and oxygen atoms in total. The Kier molecular flexibility index (Phi) is 9.76. The first-order valence-electron chi connectivity index (χ1n) is 13.1. The summed E-state index contributed by atoms with van der Waals surface area (Å²) >= 11 is 0. The smallest absolute Gasteiger partial charge is 0.330 e. The van der Waals surface area contributed by atoms with Crippen LogP contribution < -0.4 is 0 Å². The Labute approximate surface area is 202 Å². The molecular weight excluding hydrogens is 408 g/mol. The first-order chi connectivity index (χ1) is 15.4. The van der Waals surface area contributed by atoms with E-state index < -0.39 is 5.97 Å². The Morgan fingerprint density at radius 3 is 2.15 bits per heavy atom. The zero-order chi connectivity index (χ0) is 24.8. The first-order valence-corrected chi connectivity index (χ1v) is 13.1. The first kappa shape index (κ1) is 27.6. The number of carbonyl (C=O) groups is 2.